The van der Waals surface area contributed by atoms with Gasteiger partial charge in [-0.2, -0.15) is 0 Å². The van der Waals surface area contributed by atoms with Crippen LogP contribution in [0.4, 0.5) is 5.69 Å². The molecule has 2 aromatic heterocycles. The van der Waals surface area contributed by atoms with E-state index in [1.165, 1.54) is 22.6 Å². The lowest BCUT2D eigenvalue weighted by Crippen LogP contribution is -2.28. The third kappa shape index (κ3) is 2.42. The summed E-state index contributed by atoms with van der Waals surface area (Å²) in [6.45, 7) is 4.18. The summed E-state index contributed by atoms with van der Waals surface area (Å²) in [7, 11) is 0. The molecule has 0 fully saturated rings. The SMILES string of the molecule is CCN1CCCc2cc3cc(-c4nc5ccccc5s4)c(=O)oc3cc21. The molecule has 130 valence electrons. The van der Waals surface area contributed by atoms with Gasteiger partial charge in [0.1, 0.15) is 10.6 Å². The van der Waals surface area contributed by atoms with Gasteiger partial charge in [-0.3, -0.25) is 0 Å². The highest BCUT2D eigenvalue weighted by Crippen LogP contribution is 2.34. The van der Waals surface area contributed by atoms with E-state index in [0.717, 1.165) is 46.5 Å². The Kier molecular flexibility index (Phi) is 3.57. The van der Waals surface area contributed by atoms with E-state index >= 15 is 0 Å². The van der Waals surface area contributed by atoms with Crippen molar-refractivity contribution in [2.45, 2.75) is 19.8 Å². The molecule has 3 heterocycles. The van der Waals surface area contributed by atoms with E-state index in [-0.39, 0.29) is 5.63 Å². The van der Waals surface area contributed by atoms with E-state index in [4.69, 9.17) is 4.42 Å². The number of aromatic nitrogens is 1. The van der Waals surface area contributed by atoms with Crippen LogP contribution in [0.1, 0.15) is 18.9 Å². The van der Waals surface area contributed by atoms with Crippen molar-refractivity contribution in [1.29, 1.82) is 0 Å². The van der Waals surface area contributed by atoms with Gasteiger partial charge >= 0.3 is 5.63 Å². The summed E-state index contributed by atoms with van der Waals surface area (Å²) in [6.07, 6.45) is 2.23. The molecule has 1 aliphatic rings. The minimum atomic E-state index is -0.324. The second-order valence-corrected chi connectivity index (χ2v) is 7.67. The maximum Gasteiger partial charge on any atom is 0.346 e. The van der Waals surface area contributed by atoms with Gasteiger partial charge in [0.05, 0.1) is 15.8 Å². The molecule has 0 N–H and O–H groups in total. The van der Waals surface area contributed by atoms with Crippen LogP contribution in [0.2, 0.25) is 0 Å². The topological polar surface area (TPSA) is 46.3 Å². The van der Waals surface area contributed by atoms with Crippen molar-refractivity contribution in [2.75, 3.05) is 18.0 Å². The Morgan fingerprint density at radius 2 is 2.12 bits per heavy atom. The van der Waals surface area contributed by atoms with E-state index < -0.39 is 0 Å². The van der Waals surface area contributed by atoms with Crippen LogP contribution in [0.25, 0.3) is 31.8 Å². The average Bonchev–Trinajstić information content (AvgIpc) is 3.09. The van der Waals surface area contributed by atoms with E-state index in [2.05, 4.69) is 22.9 Å². The quantitative estimate of drug-likeness (QED) is 0.479. The van der Waals surface area contributed by atoms with Crippen LogP contribution < -0.4 is 10.5 Å². The summed E-state index contributed by atoms with van der Waals surface area (Å²) >= 11 is 1.53. The molecule has 0 aliphatic carbocycles. The normalized spacial score (nSPS) is 14.1. The van der Waals surface area contributed by atoms with Crippen LogP contribution in [0.3, 0.4) is 0 Å². The molecule has 0 saturated carbocycles. The van der Waals surface area contributed by atoms with Gasteiger partial charge in [0.25, 0.3) is 0 Å². The third-order valence-electron chi connectivity index (χ3n) is 5.05. The Bertz CT molecular complexity index is 1160. The van der Waals surface area contributed by atoms with Gasteiger partial charge < -0.3 is 9.32 Å². The first-order chi connectivity index (χ1) is 12.7. The zero-order chi connectivity index (χ0) is 17.7. The number of rotatable bonds is 2. The van der Waals surface area contributed by atoms with E-state index in [1.54, 1.807) is 0 Å². The molecule has 5 heteroatoms. The van der Waals surface area contributed by atoms with Gasteiger partial charge in [0, 0.05) is 30.2 Å². The maximum atomic E-state index is 12.6. The van der Waals surface area contributed by atoms with Gasteiger partial charge in [0.2, 0.25) is 0 Å². The standard InChI is InChI=1S/C21H18N2O2S/c1-2-23-9-5-6-13-10-14-11-15(21(24)25-18(14)12-17(13)23)20-22-16-7-3-4-8-19(16)26-20/h3-4,7-8,10-12H,2,5-6,9H2,1H3. The number of benzene rings is 2. The van der Waals surface area contributed by atoms with Crippen molar-refractivity contribution in [2.24, 2.45) is 0 Å². The van der Waals surface area contributed by atoms with Gasteiger partial charge in [-0.25, -0.2) is 9.78 Å². The summed E-state index contributed by atoms with van der Waals surface area (Å²) < 4.78 is 6.76. The predicted octanol–water partition coefficient (Wildman–Crippen LogP) is 4.84. The third-order valence-corrected chi connectivity index (χ3v) is 6.12. The second kappa shape index (κ2) is 5.95. The Labute approximate surface area is 154 Å². The summed E-state index contributed by atoms with van der Waals surface area (Å²) in [4.78, 5) is 19.6. The van der Waals surface area contributed by atoms with Crippen LogP contribution in [-0.4, -0.2) is 18.1 Å². The number of hydrogen-bond acceptors (Lipinski definition) is 5. The van der Waals surface area contributed by atoms with Gasteiger partial charge in [-0.1, -0.05) is 12.1 Å². The minimum absolute atomic E-state index is 0.324. The highest BCUT2D eigenvalue weighted by Gasteiger charge is 2.19. The molecule has 0 bridgehead atoms. The largest absolute Gasteiger partial charge is 0.422 e. The molecule has 4 nitrogen and oxygen atoms in total. The maximum absolute atomic E-state index is 12.6. The fourth-order valence-electron chi connectivity index (χ4n) is 3.74. The Balaban J connectivity index is 1.70. The lowest BCUT2D eigenvalue weighted by molar-refractivity contribution is 0.562. The van der Waals surface area contributed by atoms with E-state index in [9.17, 15) is 4.79 Å². The van der Waals surface area contributed by atoms with Crippen LogP contribution in [0, 0.1) is 0 Å². The molecule has 0 radical (unpaired) electrons. The summed E-state index contributed by atoms with van der Waals surface area (Å²) in [5.74, 6) is 0. The van der Waals surface area contributed by atoms with Crippen molar-refractivity contribution >= 4 is 38.2 Å². The Morgan fingerprint density at radius 1 is 1.23 bits per heavy atom. The monoisotopic (exact) mass is 362 g/mol. The smallest absolute Gasteiger partial charge is 0.346 e. The molecule has 0 atom stereocenters. The molecule has 26 heavy (non-hydrogen) atoms. The molecule has 4 aromatic rings. The molecule has 5 rings (SSSR count). The molecular weight excluding hydrogens is 344 g/mol. The first-order valence-corrected chi connectivity index (χ1v) is 9.76. The summed E-state index contributed by atoms with van der Waals surface area (Å²) in [5, 5.41) is 1.69. The fourth-order valence-corrected chi connectivity index (χ4v) is 4.71. The lowest BCUT2D eigenvalue weighted by atomic mass is 9.99. The van der Waals surface area contributed by atoms with Crippen LogP contribution >= 0.6 is 11.3 Å². The Morgan fingerprint density at radius 3 is 2.96 bits per heavy atom. The molecule has 0 spiro atoms. The number of anilines is 1. The second-order valence-electron chi connectivity index (χ2n) is 6.64. The van der Waals surface area contributed by atoms with E-state index in [0.29, 0.717) is 11.1 Å². The van der Waals surface area contributed by atoms with Gasteiger partial charge in [0.15, 0.2) is 0 Å². The van der Waals surface area contributed by atoms with Gasteiger partial charge in [-0.05, 0) is 49.6 Å². The predicted molar refractivity (Wildman–Crippen MR) is 107 cm³/mol. The first kappa shape index (κ1) is 15.6. The van der Waals surface area contributed by atoms with Crippen molar-refractivity contribution < 1.29 is 4.42 Å². The lowest BCUT2D eigenvalue weighted by Gasteiger charge is -2.30. The first-order valence-electron chi connectivity index (χ1n) is 8.94. The number of nitrogens with zero attached hydrogens (tertiary/aromatic N) is 2. The molecule has 0 unspecified atom stereocenters. The number of hydrogen-bond donors (Lipinski definition) is 0. The fraction of sp³-hybridized carbons (Fsp3) is 0.238. The van der Waals surface area contributed by atoms with Crippen LogP contribution in [-0.2, 0) is 6.42 Å². The molecule has 0 saturated heterocycles. The number of thiazole rings is 1. The zero-order valence-corrected chi connectivity index (χ0v) is 15.3. The molecular formula is C21H18N2O2S. The summed E-state index contributed by atoms with van der Waals surface area (Å²) in [5.41, 5.74) is 4.31. The van der Waals surface area contributed by atoms with Crippen molar-refractivity contribution in [3.05, 3.63) is 58.4 Å². The summed E-state index contributed by atoms with van der Waals surface area (Å²) in [6, 6.07) is 14.1. The highest BCUT2D eigenvalue weighted by molar-refractivity contribution is 7.21. The Hall–Kier alpha value is -2.66. The average molecular weight is 362 g/mol. The minimum Gasteiger partial charge on any atom is -0.422 e. The highest BCUT2D eigenvalue weighted by atomic mass is 32.1. The zero-order valence-electron chi connectivity index (χ0n) is 14.5. The molecule has 0 amide bonds. The molecule has 2 aromatic carbocycles. The number of para-hydroxylation sites is 1. The van der Waals surface area contributed by atoms with Crippen LogP contribution in [0.5, 0.6) is 0 Å². The van der Waals surface area contributed by atoms with E-state index in [1.807, 2.05) is 36.4 Å². The van der Waals surface area contributed by atoms with Crippen molar-refractivity contribution in [1.82, 2.24) is 4.98 Å². The number of aryl methyl sites for hydroxylation is 1. The molecule has 1 aliphatic heterocycles. The van der Waals surface area contributed by atoms with Crippen molar-refractivity contribution in [3.8, 4) is 10.6 Å². The van der Waals surface area contributed by atoms with Crippen LogP contribution in [0.15, 0.2) is 51.7 Å². The van der Waals surface area contributed by atoms with Gasteiger partial charge in [-0.15, -0.1) is 11.3 Å². The van der Waals surface area contributed by atoms with Crippen molar-refractivity contribution in [3.63, 3.8) is 0 Å². The number of fused-ring (bicyclic) bond motifs is 3.